The second-order valence-electron chi connectivity index (χ2n) is 6.38. The topological polar surface area (TPSA) is 98.1 Å². The number of alkyl halides is 1. The number of nitrogen functional groups attached to an aromatic ring is 2. The summed E-state index contributed by atoms with van der Waals surface area (Å²) in [7, 11) is 0. The molecule has 1 aliphatic heterocycles. The molecule has 1 aromatic heterocycles. The van der Waals surface area contributed by atoms with Gasteiger partial charge in [0, 0.05) is 6.04 Å². The van der Waals surface area contributed by atoms with E-state index in [1.54, 1.807) is 4.90 Å². The number of carbonyl (C=O) groups is 1. The van der Waals surface area contributed by atoms with Crippen LogP contribution < -0.4 is 16.4 Å². The molecule has 1 unspecified atom stereocenters. The Kier molecular flexibility index (Phi) is 5.22. The Morgan fingerprint density at radius 1 is 1.28 bits per heavy atom. The fourth-order valence-electron chi connectivity index (χ4n) is 3.35. The fourth-order valence-corrected chi connectivity index (χ4v) is 3.62. The van der Waals surface area contributed by atoms with Crippen molar-refractivity contribution in [3.05, 3.63) is 41.1 Å². The number of nitrogens with two attached hydrogens (primary N) is 2. The molecule has 3 rings (SSSR count). The van der Waals surface area contributed by atoms with Gasteiger partial charge in [-0.15, -0.1) is 0 Å². The Labute approximate surface area is 155 Å². The minimum absolute atomic E-state index is 0.0325. The molecule has 1 atom stereocenters. The Morgan fingerprint density at radius 3 is 2.68 bits per heavy atom. The van der Waals surface area contributed by atoms with Crippen LogP contribution in [0.15, 0.2) is 24.3 Å². The molecule has 132 valence electrons. The van der Waals surface area contributed by atoms with E-state index in [9.17, 15) is 4.79 Å². The fraction of sp³-hybridized carbons (Fsp3) is 0.389. The quantitative estimate of drug-likeness (QED) is 0.764. The third-order valence-electron chi connectivity index (χ3n) is 4.59. The number of hydrogen-bond donors (Lipinski definition) is 2. The van der Waals surface area contributed by atoms with Gasteiger partial charge in [0.05, 0.1) is 11.0 Å². The Hall–Kier alpha value is -2.15. The Balaban J connectivity index is 1.86. The molecular weight excluding hydrogens is 382 g/mol. The summed E-state index contributed by atoms with van der Waals surface area (Å²) < 4.78 is 0. The van der Waals surface area contributed by atoms with Crippen molar-refractivity contribution < 1.29 is 4.79 Å². The van der Waals surface area contributed by atoms with Crippen molar-refractivity contribution in [3.63, 3.8) is 0 Å². The summed E-state index contributed by atoms with van der Waals surface area (Å²) in [5.41, 5.74) is 15.7. The van der Waals surface area contributed by atoms with E-state index in [0.717, 1.165) is 31.4 Å². The van der Waals surface area contributed by atoms with E-state index in [-0.39, 0.29) is 29.0 Å². The van der Waals surface area contributed by atoms with Crippen molar-refractivity contribution in [3.8, 4) is 0 Å². The lowest BCUT2D eigenvalue weighted by Crippen LogP contribution is -2.45. The number of nitrogens with zero attached hydrogens (tertiary/aromatic N) is 3. The lowest BCUT2D eigenvalue weighted by Gasteiger charge is -2.37. The van der Waals surface area contributed by atoms with E-state index in [2.05, 4.69) is 57.1 Å². The molecule has 0 bridgehead atoms. The summed E-state index contributed by atoms with van der Waals surface area (Å²) in [6.45, 7) is 2.08. The number of carbonyl (C=O) groups excluding carboxylic acids is 1. The van der Waals surface area contributed by atoms with Crippen molar-refractivity contribution in [2.24, 2.45) is 0 Å². The summed E-state index contributed by atoms with van der Waals surface area (Å²) in [5, 5.41) is 0.233. The Bertz CT molecular complexity index is 778. The highest BCUT2D eigenvalue weighted by Gasteiger charge is 2.33. The zero-order chi connectivity index (χ0) is 18.0. The lowest BCUT2D eigenvalue weighted by molar-refractivity contribution is -0.116. The van der Waals surface area contributed by atoms with Crippen molar-refractivity contribution in [2.45, 2.75) is 38.6 Å². The van der Waals surface area contributed by atoms with E-state index >= 15 is 0 Å². The van der Waals surface area contributed by atoms with Gasteiger partial charge in [-0.3, -0.25) is 4.79 Å². The molecule has 1 aliphatic rings. The number of aromatic nitrogens is 2. The largest absolute Gasteiger partial charge is 0.382 e. The molecule has 0 saturated heterocycles. The second kappa shape index (κ2) is 7.39. The highest BCUT2D eigenvalue weighted by molar-refractivity contribution is 9.09. The first-order chi connectivity index (χ1) is 12.0. The highest BCUT2D eigenvalue weighted by Crippen LogP contribution is 2.36. The maximum atomic E-state index is 12.6. The van der Waals surface area contributed by atoms with Gasteiger partial charge < -0.3 is 16.4 Å². The third-order valence-corrected chi connectivity index (χ3v) is 5.07. The number of rotatable bonds is 4. The van der Waals surface area contributed by atoms with E-state index in [4.69, 9.17) is 11.5 Å². The van der Waals surface area contributed by atoms with E-state index in [1.165, 1.54) is 11.1 Å². The number of anilines is 3. The predicted octanol–water partition coefficient (Wildman–Crippen LogP) is 2.62. The summed E-state index contributed by atoms with van der Waals surface area (Å²) in [5.74, 6) is 0.396. The van der Waals surface area contributed by atoms with Crippen molar-refractivity contribution in [1.82, 2.24) is 9.97 Å². The van der Waals surface area contributed by atoms with Gasteiger partial charge in [-0.1, -0.05) is 45.8 Å². The van der Waals surface area contributed by atoms with Crippen LogP contribution >= 0.6 is 15.9 Å². The van der Waals surface area contributed by atoms with Gasteiger partial charge in [0.25, 0.3) is 0 Å². The second-order valence-corrected chi connectivity index (χ2v) is 6.94. The zero-order valence-corrected chi connectivity index (χ0v) is 15.8. The van der Waals surface area contributed by atoms with Gasteiger partial charge in [-0.25, -0.2) is 4.98 Å². The normalized spacial score (nSPS) is 16.6. The number of aryl methyl sites for hydroxylation is 3. The van der Waals surface area contributed by atoms with Gasteiger partial charge in [0.2, 0.25) is 11.9 Å². The molecule has 0 aliphatic carbocycles. The van der Waals surface area contributed by atoms with Crippen LogP contribution in [0.3, 0.4) is 0 Å². The van der Waals surface area contributed by atoms with Gasteiger partial charge in [-0.2, -0.15) is 4.98 Å². The standard InChI is InChI=1S/C18H22BrN5O/c1-11-2-4-12(5-3-11)6-7-13-8-9-14-16(24(13)15(25)10-19)17(20)23-18(21)22-14/h2-5,13H,6-10H2,1H3,(H4,20,21,22,23). The number of benzene rings is 1. The van der Waals surface area contributed by atoms with Crippen LogP contribution in [-0.2, 0) is 17.6 Å². The SMILES string of the molecule is Cc1ccc(CCC2CCc3nc(N)nc(N)c3N2C(=O)CBr)cc1. The molecule has 0 fully saturated rings. The molecule has 25 heavy (non-hydrogen) atoms. The minimum atomic E-state index is -0.0325. The maximum absolute atomic E-state index is 12.6. The third kappa shape index (κ3) is 3.76. The number of hydrogen-bond acceptors (Lipinski definition) is 5. The lowest BCUT2D eigenvalue weighted by atomic mass is 9.94. The summed E-state index contributed by atoms with van der Waals surface area (Å²) >= 11 is 3.28. The van der Waals surface area contributed by atoms with Gasteiger partial charge in [0.1, 0.15) is 5.69 Å². The molecule has 0 radical (unpaired) electrons. The zero-order valence-electron chi connectivity index (χ0n) is 14.2. The number of amides is 1. The van der Waals surface area contributed by atoms with Crippen molar-refractivity contribution >= 4 is 39.3 Å². The van der Waals surface area contributed by atoms with E-state index in [0.29, 0.717) is 5.69 Å². The first kappa shape index (κ1) is 17.7. The Morgan fingerprint density at radius 2 is 2.00 bits per heavy atom. The van der Waals surface area contributed by atoms with E-state index < -0.39 is 0 Å². The van der Waals surface area contributed by atoms with E-state index in [1.807, 2.05) is 0 Å². The van der Waals surface area contributed by atoms with Crippen LogP contribution in [0.25, 0.3) is 0 Å². The number of halogens is 1. The summed E-state index contributed by atoms with van der Waals surface area (Å²) in [6, 6.07) is 8.58. The molecular formula is C18H22BrN5O. The predicted molar refractivity (Wildman–Crippen MR) is 104 cm³/mol. The molecule has 0 saturated carbocycles. The van der Waals surface area contributed by atoms with Gasteiger partial charge in [0.15, 0.2) is 5.82 Å². The molecule has 0 spiro atoms. The molecule has 2 heterocycles. The molecule has 1 amide bonds. The summed E-state index contributed by atoms with van der Waals surface area (Å²) in [4.78, 5) is 22.7. The average molecular weight is 404 g/mol. The van der Waals surface area contributed by atoms with Gasteiger partial charge >= 0.3 is 0 Å². The van der Waals surface area contributed by atoms with Crippen LogP contribution in [0, 0.1) is 6.92 Å². The van der Waals surface area contributed by atoms with Crippen LogP contribution in [0.5, 0.6) is 0 Å². The van der Waals surface area contributed by atoms with Crippen LogP contribution in [0.2, 0.25) is 0 Å². The molecule has 7 heteroatoms. The van der Waals surface area contributed by atoms with Gasteiger partial charge in [-0.05, 0) is 38.2 Å². The van der Waals surface area contributed by atoms with Crippen LogP contribution in [0.4, 0.5) is 17.5 Å². The summed E-state index contributed by atoms with van der Waals surface area (Å²) in [6.07, 6.45) is 3.36. The maximum Gasteiger partial charge on any atom is 0.238 e. The minimum Gasteiger partial charge on any atom is -0.382 e. The average Bonchev–Trinajstić information content (AvgIpc) is 2.60. The van der Waals surface area contributed by atoms with Crippen LogP contribution in [-0.4, -0.2) is 27.2 Å². The molecule has 4 N–H and O–H groups in total. The molecule has 6 nitrogen and oxygen atoms in total. The smallest absolute Gasteiger partial charge is 0.238 e. The highest BCUT2D eigenvalue weighted by atomic mass is 79.9. The molecule has 2 aromatic rings. The monoisotopic (exact) mass is 403 g/mol. The first-order valence-electron chi connectivity index (χ1n) is 8.35. The first-order valence-corrected chi connectivity index (χ1v) is 9.47. The number of fused-ring (bicyclic) bond motifs is 1. The van der Waals surface area contributed by atoms with Crippen molar-refractivity contribution in [2.75, 3.05) is 21.7 Å². The molecule has 1 aromatic carbocycles. The van der Waals surface area contributed by atoms with Crippen LogP contribution in [0.1, 0.15) is 29.7 Å². The van der Waals surface area contributed by atoms with Crippen molar-refractivity contribution in [1.29, 1.82) is 0 Å².